The van der Waals surface area contributed by atoms with Crippen LogP contribution in [0.3, 0.4) is 0 Å². The Morgan fingerprint density at radius 1 is 1.24 bits per heavy atom. The van der Waals surface area contributed by atoms with Crippen LogP contribution in [0.25, 0.3) is 22.0 Å². The molecule has 174 valence electrons. The van der Waals surface area contributed by atoms with Gasteiger partial charge in [-0.05, 0) is 37.6 Å². The zero-order valence-electron chi connectivity index (χ0n) is 18.8. The van der Waals surface area contributed by atoms with Crippen LogP contribution in [-0.2, 0) is 27.9 Å². The van der Waals surface area contributed by atoms with Gasteiger partial charge in [0.2, 0.25) is 15.8 Å². The van der Waals surface area contributed by atoms with Crippen LogP contribution in [0.2, 0.25) is 0 Å². The van der Waals surface area contributed by atoms with Crippen LogP contribution < -0.4 is 0 Å². The number of esters is 1. The summed E-state index contributed by atoms with van der Waals surface area (Å²) in [6.07, 6.45) is 0.798. The maximum absolute atomic E-state index is 14.0. The van der Waals surface area contributed by atoms with E-state index in [1.54, 1.807) is 25.1 Å². The standard InChI is InChI=1S/C23H24FN3O5S/c1-5-11-27-19-10-9-15(33(29,30)26(3)4)12-18(19)25-20(27)13-31-23(28)21-14(2)16-7-6-8-17(24)22(16)32-21/h6-10,12H,5,11,13H2,1-4H3. The van der Waals surface area contributed by atoms with E-state index >= 15 is 0 Å². The first-order valence-corrected chi connectivity index (χ1v) is 11.9. The molecule has 0 atom stereocenters. The maximum atomic E-state index is 14.0. The first kappa shape index (κ1) is 22.9. The smallest absolute Gasteiger partial charge is 0.375 e. The summed E-state index contributed by atoms with van der Waals surface area (Å²) in [4.78, 5) is 17.4. The highest BCUT2D eigenvalue weighted by molar-refractivity contribution is 7.89. The third kappa shape index (κ3) is 4.00. The minimum atomic E-state index is -3.61. The molecule has 0 bridgehead atoms. The van der Waals surface area contributed by atoms with Crippen LogP contribution in [-0.4, -0.2) is 42.3 Å². The summed E-state index contributed by atoms with van der Waals surface area (Å²) < 4.78 is 52.9. The summed E-state index contributed by atoms with van der Waals surface area (Å²) in [5.74, 6) is -0.871. The fourth-order valence-electron chi connectivity index (χ4n) is 3.71. The highest BCUT2D eigenvalue weighted by Gasteiger charge is 2.23. The molecule has 4 rings (SSSR count). The number of aryl methyl sites for hydroxylation is 2. The van der Waals surface area contributed by atoms with E-state index in [-0.39, 0.29) is 22.8 Å². The van der Waals surface area contributed by atoms with Crippen LogP contribution in [0.1, 0.15) is 35.3 Å². The maximum Gasteiger partial charge on any atom is 0.375 e. The first-order chi connectivity index (χ1) is 15.6. The number of aromatic nitrogens is 2. The van der Waals surface area contributed by atoms with Gasteiger partial charge < -0.3 is 13.7 Å². The number of halogens is 1. The zero-order chi connectivity index (χ0) is 23.9. The Labute approximate surface area is 190 Å². The van der Waals surface area contributed by atoms with E-state index in [4.69, 9.17) is 9.15 Å². The van der Waals surface area contributed by atoms with E-state index in [9.17, 15) is 17.6 Å². The van der Waals surface area contributed by atoms with E-state index in [0.717, 1.165) is 16.2 Å². The second kappa shape index (κ2) is 8.60. The fourth-order valence-corrected chi connectivity index (χ4v) is 4.64. The van der Waals surface area contributed by atoms with Gasteiger partial charge in [0, 0.05) is 31.6 Å². The highest BCUT2D eigenvalue weighted by atomic mass is 32.2. The molecule has 8 nitrogen and oxygen atoms in total. The predicted octanol–water partition coefficient (Wildman–Crippen LogP) is 4.25. The molecule has 0 radical (unpaired) electrons. The molecular formula is C23H24FN3O5S. The van der Waals surface area contributed by atoms with Crippen LogP contribution in [0, 0.1) is 12.7 Å². The van der Waals surface area contributed by atoms with Gasteiger partial charge in [-0.25, -0.2) is 26.9 Å². The Morgan fingerprint density at radius 3 is 2.67 bits per heavy atom. The van der Waals surface area contributed by atoms with Crippen LogP contribution >= 0.6 is 0 Å². The molecule has 2 heterocycles. The van der Waals surface area contributed by atoms with Gasteiger partial charge in [-0.2, -0.15) is 0 Å². The largest absolute Gasteiger partial charge is 0.452 e. The molecule has 0 amide bonds. The molecule has 0 aliphatic carbocycles. The Hall–Kier alpha value is -3.24. The molecule has 2 aromatic carbocycles. The molecule has 0 aliphatic rings. The molecule has 10 heteroatoms. The number of furan rings is 1. The molecular weight excluding hydrogens is 449 g/mol. The second-order valence-corrected chi connectivity index (χ2v) is 10.0. The number of para-hydroxylation sites is 1. The van der Waals surface area contributed by atoms with Gasteiger partial charge in [0.15, 0.2) is 11.4 Å². The Morgan fingerprint density at radius 2 is 2.00 bits per heavy atom. The van der Waals surface area contributed by atoms with Crippen molar-refractivity contribution in [3.05, 3.63) is 59.4 Å². The summed E-state index contributed by atoms with van der Waals surface area (Å²) in [6.45, 7) is 4.12. The van der Waals surface area contributed by atoms with Crippen molar-refractivity contribution in [1.29, 1.82) is 0 Å². The molecule has 0 unspecified atom stereocenters. The summed E-state index contributed by atoms with van der Waals surface area (Å²) in [5, 5.41) is 0.509. The van der Waals surface area contributed by atoms with E-state index in [1.165, 1.54) is 32.3 Å². The van der Waals surface area contributed by atoms with Crippen molar-refractivity contribution in [2.24, 2.45) is 0 Å². The first-order valence-electron chi connectivity index (χ1n) is 10.4. The molecule has 0 fully saturated rings. The lowest BCUT2D eigenvalue weighted by Gasteiger charge is -2.11. The number of nitrogens with zero attached hydrogens (tertiary/aromatic N) is 3. The van der Waals surface area contributed by atoms with Crippen molar-refractivity contribution in [2.75, 3.05) is 14.1 Å². The van der Waals surface area contributed by atoms with E-state index in [1.807, 2.05) is 11.5 Å². The van der Waals surface area contributed by atoms with Crippen LogP contribution in [0.15, 0.2) is 45.7 Å². The lowest BCUT2D eigenvalue weighted by atomic mass is 10.1. The second-order valence-electron chi connectivity index (χ2n) is 7.87. The Kier molecular flexibility index (Phi) is 5.98. The highest BCUT2D eigenvalue weighted by Crippen LogP contribution is 2.28. The van der Waals surface area contributed by atoms with Gasteiger partial charge in [0.1, 0.15) is 12.4 Å². The van der Waals surface area contributed by atoms with Gasteiger partial charge in [-0.3, -0.25) is 0 Å². The van der Waals surface area contributed by atoms with Crippen molar-refractivity contribution < 1.29 is 26.8 Å². The van der Waals surface area contributed by atoms with Crippen LogP contribution in [0.5, 0.6) is 0 Å². The van der Waals surface area contributed by atoms with E-state index < -0.39 is 21.8 Å². The van der Waals surface area contributed by atoms with Crippen LogP contribution in [0.4, 0.5) is 4.39 Å². The lowest BCUT2D eigenvalue weighted by molar-refractivity contribution is 0.0423. The van der Waals surface area contributed by atoms with Gasteiger partial charge in [-0.1, -0.05) is 19.1 Å². The van der Waals surface area contributed by atoms with Gasteiger partial charge in [-0.15, -0.1) is 0 Å². The lowest BCUT2D eigenvalue weighted by Crippen LogP contribution is -2.22. The molecule has 0 saturated carbocycles. The number of hydrogen-bond acceptors (Lipinski definition) is 6. The number of imidazole rings is 1. The summed E-state index contributed by atoms with van der Waals surface area (Å²) in [6, 6.07) is 9.23. The number of rotatable bonds is 7. The normalized spacial score (nSPS) is 12.2. The van der Waals surface area contributed by atoms with E-state index in [0.29, 0.717) is 28.8 Å². The number of ether oxygens (including phenoxy) is 1. The summed E-state index contributed by atoms with van der Waals surface area (Å²) in [5.41, 5.74) is 1.73. The number of benzene rings is 2. The fraction of sp³-hybridized carbons (Fsp3) is 0.304. The zero-order valence-corrected chi connectivity index (χ0v) is 19.6. The minimum absolute atomic E-state index is 0.00908. The van der Waals surface area contributed by atoms with Gasteiger partial charge >= 0.3 is 5.97 Å². The third-order valence-corrected chi connectivity index (χ3v) is 7.27. The topological polar surface area (TPSA) is 94.6 Å². The third-order valence-electron chi connectivity index (χ3n) is 5.46. The number of carbonyl (C=O) groups is 1. The molecule has 0 saturated heterocycles. The minimum Gasteiger partial charge on any atom is -0.452 e. The monoisotopic (exact) mass is 473 g/mol. The molecule has 4 aromatic rings. The quantitative estimate of drug-likeness (QED) is 0.373. The van der Waals surface area contributed by atoms with Gasteiger partial charge in [0.05, 0.1) is 15.9 Å². The molecule has 0 aliphatic heterocycles. The Bertz CT molecular complexity index is 1470. The average Bonchev–Trinajstić information content (AvgIpc) is 3.30. The van der Waals surface area contributed by atoms with Crippen molar-refractivity contribution in [3.63, 3.8) is 0 Å². The molecule has 0 N–H and O–H groups in total. The number of fused-ring (bicyclic) bond motifs is 2. The van der Waals surface area contributed by atoms with Crippen molar-refractivity contribution in [1.82, 2.24) is 13.9 Å². The predicted molar refractivity (Wildman–Crippen MR) is 121 cm³/mol. The molecule has 0 spiro atoms. The van der Waals surface area contributed by atoms with E-state index in [2.05, 4.69) is 4.98 Å². The van der Waals surface area contributed by atoms with Crippen molar-refractivity contribution in [2.45, 2.75) is 38.3 Å². The summed E-state index contributed by atoms with van der Waals surface area (Å²) in [7, 11) is -0.683. The molecule has 2 aromatic heterocycles. The molecule has 33 heavy (non-hydrogen) atoms. The number of hydrogen-bond donors (Lipinski definition) is 0. The SMILES string of the molecule is CCCn1c(COC(=O)c2oc3c(F)cccc3c2C)nc2cc(S(=O)(=O)N(C)C)ccc21. The van der Waals surface area contributed by atoms with Gasteiger partial charge in [0.25, 0.3) is 0 Å². The summed E-state index contributed by atoms with van der Waals surface area (Å²) >= 11 is 0. The number of carbonyl (C=O) groups excluding carboxylic acids is 1. The Balaban J connectivity index is 1.65. The average molecular weight is 474 g/mol. The van der Waals surface area contributed by atoms with Crippen molar-refractivity contribution in [3.8, 4) is 0 Å². The van der Waals surface area contributed by atoms with Crippen molar-refractivity contribution >= 4 is 38.0 Å². The number of sulfonamides is 1.